The third-order valence-electron chi connectivity index (χ3n) is 1.28. The summed E-state index contributed by atoms with van der Waals surface area (Å²) in [5.41, 5.74) is 0. The van der Waals surface area contributed by atoms with Crippen LogP contribution in [-0.2, 0) is 7.05 Å². The Morgan fingerprint density at radius 2 is 2.50 bits per heavy atom. The second-order valence-electron chi connectivity index (χ2n) is 2.29. The average molecular weight is 187 g/mol. The molecule has 1 aromatic rings. The van der Waals surface area contributed by atoms with Crippen molar-refractivity contribution in [2.45, 2.75) is 0 Å². The third-order valence-corrected chi connectivity index (χ3v) is 1.46. The second kappa shape index (κ2) is 4.83. The summed E-state index contributed by atoms with van der Waals surface area (Å²) in [5.74, 6) is 1.30. The highest BCUT2D eigenvalue weighted by atomic mass is 35.5. The van der Waals surface area contributed by atoms with E-state index in [2.05, 4.69) is 5.10 Å². The van der Waals surface area contributed by atoms with Gasteiger partial charge >= 0.3 is 0 Å². The molecule has 0 saturated carbocycles. The first-order valence-corrected chi connectivity index (χ1v) is 4.19. The van der Waals surface area contributed by atoms with Gasteiger partial charge in [0, 0.05) is 12.9 Å². The van der Waals surface area contributed by atoms with Crippen molar-refractivity contribution in [2.75, 3.05) is 12.5 Å². The summed E-state index contributed by atoms with van der Waals surface area (Å²) in [6.07, 6.45) is 7.21. The van der Waals surface area contributed by atoms with Crippen molar-refractivity contribution in [3.63, 3.8) is 0 Å². The molecule has 0 aliphatic heterocycles. The number of alkyl halides is 1. The molecule has 0 bridgehead atoms. The number of ether oxygens (including phenoxy) is 1. The van der Waals surface area contributed by atoms with Gasteiger partial charge in [-0.3, -0.25) is 4.68 Å². The monoisotopic (exact) mass is 186 g/mol. The van der Waals surface area contributed by atoms with Crippen LogP contribution in [0.3, 0.4) is 0 Å². The fourth-order valence-corrected chi connectivity index (χ4v) is 0.875. The minimum Gasteiger partial charge on any atom is -0.486 e. The molecule has 1 heterocycles. The zero-order valence-electron chi connectivity index (χ0n) is 6.90. The highest BCUT2D eigenvalue weighted by molar-refractivity contribution is 6.18. The minimum absolute atomic E-state index is 0.524. The van der Waals surface area contributed by atoms with Crippen molar-refractivity contribution in [3.05, 3.63) is 24.5 Å². The summed E-state index contributed by atoms with van der Waals surface area (Å²) in [6, 6.07) is 0. The van der Waals surface area contributed by atoms with Crippen molar-refractivity contribution in [3.8, 4) is 5.75 Å². The van der Waals surface area contributed by atoms with Gasteiger partial charge in [0.25, 0.3) is 0 Å². The van der Waals surface area contributed by atoms with E-state index in [-0.39, 0.29) is 0 Å². The number of hydrogen-bond donors (Lipinski definition) is 0. The lowest BCUT2D eigenvalue weighted by Crippen LogP contribution is -1.91. The molecule has 0 saturated heterocycles. The van der Waals surface area contributed by atoms with Crippen LogP contribution in [0.15, 0.2) is 24.5 Å². The van der Waals surface area contributed by atoms with Crippen LogP contribution in [-0.4, -0.2) is 22.3 Å². The van der Waals surface area contributed by atoms with Gasteiger partial charge in [0.1, 0.15) is 6.61 Å². The quantitative estimate of drug-likeness (QED) is 0.528. The summed E-state index contributed by atoms with van der Waals surface area (Å²) in [7, 11) is 1.85. The smallest absolute Gasteiger partial charge is 0.157 e. The number of aryl methyl sites for hydroxylation is 1. The van der Waals surface area contributed by atoms with Gasteiger partial charge in [-0.25, -0.2) is 0 Å². The summed E-state index contributed by atoms with van der Waals surface area (Å²) in [6.45, 7) is 0.540. The van der Waals surface area contributed by atoms with Crippen LogP contribution in [0.1, 0.15) is 0 Å². The Bertz CT molecular complexity index is 257. The fraction of sp³-hybridized carbons (Fsp3) is 0.375. The molecule has 1 aromatic heterocycles. The van der Waals surface area contributed by atoms with Crippen molar-refractivity contribution in [2.24, 2.45) is 7.05 Å². The zero-order chi connectivity index (χ0) is 8.81. The highest BCUT2D eigenvalue weighted by Crippen LogP contribution is 2.06. The molecule has 66 valence electrons. The van der Waals surface area contributed by atoms with E-state index in [4.69, 9.17) is 16.3 Å². The Morgan fingerprint density at radius 1 is 1.67 bits per heavy atom. The number of nitrogens with zero attached hydrogens (tertiary/aromatic N) is 2. The standard InChI is InChI=1S/C8H11ClN2O/c1-11-7-8(6-10-11)12-5-3-2-4-9/h2-3,6-7H,4-5H2,1H3/b3-2+. The molecule has 12 heavy (non-hydrogen) atoms. The van der Waals surface area contributed by atoms with Crippen molar-refractivity contribution in [1.82, 2.24) is 9.78 Å². The van der Waals surface area contributed by atoms with E-state index in [1.165, 1.54) is 0 Å². The molecule has 4 heteroatoms. The highest BCUT2D eigenvalue weighted by Gasteiger charge is 1.92. The molecule has 1 rings (SSSR count). The molecule has 0 aromatic carbocycles. The van der Waals surface area contributed by atoms with E-state index in [1.54, 1.807) is 10.9 Å². The first-order valence-electron chi connectivity index (χ1n) is 3.65. The van der Waals surface area contributed by atoms with Gasteiger partial charge in [0.15, 0.2) is 5.75 Å². The van der Waals surface area contributed by atoms with Crippen LogP contribution in [0.25, 0.3) is 0 Å². The molecule has 0 unspecified atom stereocenters. The van der Waals surface area contributed by atoms with E-state index < -0.39 is 0 Å². The topological polar surface area (TPSA) is 27.1 Å². The molecular weight excluding hydrogens is 176 g/mol. The van der Waals surface area contributed by atoms with E-state index in [0.29, 0.717) is 12.5 Å². The fourth-order valence-electron chi connectivity index (χ4n) is 0.749. The summed E-state index contributed by atoms with van der Waals surface area (Å²) in [4.78, 5) is 0. The molecule has 0 aliphatic carbocycles. The van der Waals surface area contributed by atoms with Crippen LogP contribution in [0.4, 0.5) is 0 Å². The molecule has 0 aliphatic rings. The lowest BCUT2D eigenvalue weighted by molar-refractivity contribution is 0.362. The van der Waals surface area contributed by atoms with Gasteiger partial charge in [-0.2, -0.15) is 5.10 Å². The Balaban J connectivity index is 2.28. The number of hydrogen-bond acceptors (Lipinski definition) is 2. The van der Waals surface area contributed by atoms with Crippen LogP contribution < -0.4 is 4.74 Å². The number of allylic oxidation sites excluding steroid dienone is 1. The number of rotatable bonds is 4. The van der Waals surface area contributed by atoms with Crippen LogP contribution >= 0.6 is 11.6 Å². The molecule has 0 amide bonds. The van der Waals surface area contributed by atoms with Crippen molar-refractivity contribution >= 4 is 11.6 Å². The van der Waals surface area contributed by atoms with Gasteiger partial charge in [0.2, 0.25) is 0 Å². The Hall–Kier alpha value is -0.960. The van der Waals surface area contributed by atoms with Crippen molar-refractivity contribution < 1.29 is 4.74 Å². The normalized spacial score (nSPS) is 10.8. The maximum Gasteiger partial charge on any atom is 0.157 e. The molecule has 0 radical (unpaired) electrons. The SMILES string of the molecule is Cn1cc(OC/C=C/CCl)cn1. The average Bonchev–Trinajstić information content (AvgIpc) is 2.45. The molecular formula is C8H11ClN2O. The summed E-state index contributed by atoms with van der Waals surface area (Å²) >= 11 is 5.43. The maximum absolute atomic E-state index is 5.43. The summed E-state index contributed by atoms with van der Waals surface area (Å²) in [5, 5.41) is 3.96. The van der Waals surface area contributed by atoms with E-state index in [9.17, 15) is 0 Å². The maximum atomic E-state index is 5.43. The molecule has 3 nitrogen and oxygen atoms in total. The van der Waals surface area contributed by atoms with E-state index >= 15 is 0 Å². The first kappa shape index (κ1) is 9.13. The molecule has 0 atom stereocenters. The number of aromatic nitrogens is 2. The van der Waals surface area contributed by atoms with Gasteiger partial charge < -0.3 is 4.74 Å². The van der Waals surface area contributed by atoms with Crippen LogP contribution in [0.2, 0.25) is 0 Å². The van der Waals surface area contributed by atoms with Gasteiger partial charge in [0.05, 0.1) is 12.4 Å². The van der Waals surface area contributed by atoms with Crippen LogP contribution in [0, 0.1) is 0 Å². The largest absolute Gasteiger partial charge is 0.486 e. The molecule has 0 spiro atoms. The Kier molecular flexibility index (Phi) is 3.67. The van der Waals surface area contributed by atoms with Gasteiger partial charge in [-0.15, -0.1) is 11.6 Å². The number of halogens is 1. The second-order valence-corrected chi connectivity index (χ2v) is 2.60. The van der Waals surface area contributed by atoms with Crippen molar-refractivity contribution in [1.29, 1.82) is 0 Å². The van der Waals surface area contributed by atoms with Gasteiger partial charge in [-0.05, 0) is 0 Å². The predicted molar refractivity (Wildman–Crippen MR) is 48.6 cm³/mol. The predicted octanol–water partition coefficient (Wildman–Crippen LogP) is 1.59. The van der Waals surface area contributed by atoms with E-state index in [0.717, 1.165) is 5.75 Å². The Morgan fingerprint density at radius 3 is 3.08 bits per heavy atom. The lowest BCUT2D eigenvalue weighted by atomic mass is 10.5. The summed E-state index contributed by atoms with van der Waals surface area (Å²) < 4.78 is 7.00. The Labute approximate surface area is 76.6 Å². The molecule has 0 fully saturated rings. The van der Waals surface area contributed by atoms with E-state index in [1.807, 2.05) is 25.4 Å². The third kappa shape index (κ3) is 2.96. The molecule has 0 N–H and O–H groups in total. The van der Waals surface area contributed by atoms with Gasteiger partial charge in [-0.1, -0.05) is 12.2 Å². The first-order chi connectivity index (χ1) is 5.83. The zero-order valence-corrected chi connectivity index (χ0v) is 7.66. The minimum atomic E-state index is 0.524. The lowest BCUT2D eigenvalue weighted by Gasteiger charge is -1.96. The van der Waals surface area contributed by atoms with Crippen LogP contribution in [0.5, 0.6) is 5.75 Å².